The zero-order valence-corrected chi connectivity index (χ0v) is 11.6. The van der Waals surface area contributed by atoms with Gasteiger partial charge in [0.2, 0.25) is 11.8 Å². The van der Waals surface area contributed by atoms with Gasteiger partial charge in [0, 0.05) is 18.7 Å². The van der Waals surface area contributed by atoms with Crippen LogP contribution in [0.25, 0.3) is 0 Å². The predicted molar refractivity (Wildman–Crippen MR) is 74.9 cm³/mol. The zero-order valence-electron chi connectivity index (χ0n) is 11.6. The summed E-state index contributed by atoms with van der Waals surface area (Å²) in [6, 6.07) is 6.15. The minimum atomic E-state index is -0.395. The second-order valence-electron chi connectivity index (χ2n) is 5.51. The van der Waals surface area contributed by atoms with Gasteiger partial charge in [0.05, 0.1) is 5.92 Å². The number of nitrogens with two attached hydrogens (primary N) is 1. The highest BCUT2D eigenvalue weighted by Crippen LogP contribution is 2.30. The maximum Gasteiger partial charge on any atom is 0.227 e. The molecule has 1 aliphatic rings. The average molecular weight is 260 g/mol. The molecule has 1 heterocycles. The van der Waals surface area contributed by atoms with E-state index in [2.05, 4.69) is 19.9 Å². The normalized spacial score (nSPS) is 19.3. The van der Waals surface area contributed by atoms with Crippen molar-refractivity contribution in [2.24, 2.45) is 11.7 Å². The molecule has 1 aliphatic heterocycles. The van der Waals surface area contributed by atoms with Crippen LogP contribution in [0, 0.1) is 12.8 Å². The molecule has 0 radical (unpaired) electrons. The molecular weight excluding hydrogens is 240 g/mol. The second-order valence-corrected chi connectivity index (χ2v) is 5.51. The van der Waals surface area contributed by atoms with E-state index in [1.165, 1.54) is 5.56 Å². The first-order valence-corrected chi connectivity index (χ1v) is 6.60. The molecule has 2 N–H and O–H groups in total. The van der Waals surface area contributed by atoms with Crippen LogP contribution in [0.5, 0.6) is 0 Å². The number of hydrogen-bond donors (Lipinski definition) is 1. The molecule has 4 heteroatoms. The Balaban J connectivity index is 2.34. The van der Waals surface area contributed by atoms with Crippen LogP contribution in [0.15, 0.2) is 18.2 Å². The van der Waals surface area contributed by atoms with E-state index >= 15 is 0 Å². The van der Waals surface area contributed by atoms with Crippen LogP contribution >= 0.6 is 0 Å². The lowest BCUT2D eigenvalue weighted by molar-refractivity contribution is -0.123. The highest BCUT2D eigenvalue weighted by molar-refractivity contribution is 6.00. The van der Waals surface area contributed by atoms with Crippen LogP contribution in [0.2, 0.25) is 0 Å². The Morgan fingerprint density at radius 3 is 2.63 bits per heavy atom. The van der Waals surface area contributed by atoms with Crippen molar-refractivity contribution in [1.29, 1.82) is 0 Å². The fourth-order valence-electron chi connectivity index (χ4n) is 2.41. The van der Waals surface area contributed by atoms with Gasteiger partial charge in [-0.05, 0) is 30.0 Å². The van der Waals surface area contributed by atoms with E-state index in [0.717, 1.165) is 11.3 Å². The van der Waals surface area contributed by atoms with Crippen molar-refractivity contribution >= 4 is 17.5 Å². The molecule has 0 bridgehead atoms. The molecule has 1 saturated heterocycles. The third-order valence-electron chi connectivity index (χ3n) is 3.72. The first kappa shape index (κ1) is 13.6. The lowest BCUT2D eigenvalue weighted by atomic mass is 10.00. The summed E-state index contributed by atoms with van der Waals surface area (Å²) in [5, 5.41) is 0. The van der Waals surface area contributed by atoms with Crippen molar-refractivity contribution < 1.29 is 9.59 Å². The van der Waals surface area contributed by atoms with E-state index in [0.29, 0.717) is 12.5 Å². The van der Waals surface area contributed by atoms with Gasteiger partial charge in [-0.15, -0.1) is 0 Å². The molecule has 1 unspecified atom stereocenters. The van der Waals surface area contributed by atoms with Gasteiger partial charge in [0.1, 0.15) is 0 Å². The van der Waals surface area contributed by atoms with Crippen LogP contribution in [-0.2, 0) is 9.59 Å². The fraction of sp³-hybridized carbons (Fsp3) is 0.467. The number of nitrogens with zero attached hydrogens (tertiary/aromatic N) is 1. The average Bonchev–Trinajstić information content (AvgIpc) is 2.72. The number of carbonyl (C=O) groups is 2. The Morgan fingerprint density at radius 2 is 2.11 bits per heavy atom. The van der Waals surface area contributed by atoms with Gasteiger partial charge in [0.25, 0.3) is 0 Å². The molecule has 2 rings (SSSR count). The topological polar surface area (TPSA) is 63.4 Å². The van der Waals surface area contributed by atoms with Crippen molar-refractivity contribution in [3.63, 3.8) is 0 Å². The fourth-order valence-corrected chi connectivity index (χ4v) is 2.41. The SMILES string of the molecule is Cc1ccc(C(C)C)cc1N1CC(C(N)=O)CC1=O. The van der Waals surface area contributed by atoms with E-state index in [1.54, 1.807) is 4.90 Å². The number of primary amides is 1. The van der Waals surface area contributed by atoms with E-state index in [1.807, 2.05) is 19.1 Å². The molecule has 1 fully saturated rings. The Kier molecular flexibility index (Phi) is 3.60. The first-order chi connectivity index (χ1) is 8.90. The third kappa shape index (κ3) is 2.62. The lowest BCUT2D eigenvalue weighted by Gasteiger charge is -2.20. The van der Waals surface area contributed by atoms with E-state index < -0.39 is 5.91 Å². The Bertz CT molecular complexity index is 523. The minimum absolute atomic E-state index is 0.0205. The summed E-state index contributed by atoms with van der Waals surface area (Å²) in [5.41, 5.74) is 8.44. The number of amides is 2. The summed E-state index contributed by atoms with van der Waals surface area (Å²) in [6.45, 7) is 6.61. The summed E-state index contributed by atoms with van der Waals surface area (Å²) >= 11 is 0. The van der Waals surface area contributed by atoms with Gasteiger partial charge in [-0.25, -0.2) is 0 Å². The van der Waals surface area contributed by atoms with E-state index in [4.69, 9.17) is 5.73 Å². The Morgan fingerprint density at radius 1 is 1.42 bits per heavy atom. The molecule has 0 spiro atoms. The maximum atomic E-state index is 12.0. The van der Waals surface area contributed by atoms with Crippen LogP contribution in [0.3, 0.4) is 0 Å². The molecule has 19 heavy (non-hydrogen) atoms. The molecule has 2 amide bonds. The molecular formula is C15H20N2O2. The minimum Gasteiger partial charge on any atom is -0.369 e. The van der Waals surface area contributed by atoms with Crippen molar-refractivity contribution in [2.75, 3.05) is 11.4 Å². The quantitative estimate of drug-likeness (QED) is 0.903. The summed E-state index contributed by atoms with van der Waals surface area (Å²) in [7, 11) is 0. The molecule has 102 valence electrons. The van der Waals surface area contributed by atoms with Gasteiger partial charge < -0.3 is 10.6 Å². The summed E-state index contributed by atoms with van der Waals surface area (Å²) < 4.78 is 0. The number of rotatable bonds is 3. The maximum absolute atomic E-state index is 12.0. The number of carbonyl (C=O) groups excluding carboxylic acids is 2. The summed E-state index contributed by atoms with van der Waals surface area (Å²) in [4.78, 5) is 25.0. The lowest BCUT2D eigenvalue weighted by Crippen LogP contribution is -2.28. The zero-order chi connectivity index (χ0) is 14.2. The third-order valence-corrected chi connectivity index (χ3v) is 3.72. The van der Waals surface area contributed by atoms with Gasteiger partial charge >= 0.3 is 0 Å². The van der Waals surface area contributed by atoms with Gasteiger partial charge in [-0.2, -0.15) is 0 Å². The van der Waals surface area contributed by atoms with Crippen molar-refractivity contribution in [3.8, 4) is 0 Å². The van der Waals surface area contributed by atoms with Gasteiger partial charge in [-0.3, -0.25) is 9.59 Å². The number of aryl methyl sites for hydroxylation is 1. The number of anilines is 1. The molecule has 4 nitrogen and oxygen atoms in total. The number of benzene rings is 1. The molecule has 0 saturated carbocycles. The summed E-state index contributed by atoms with van der Waals surface area (Å²) in [6.07, 6.45) is 0.223. The van der Waals surface area contributed by atoms with Crippen molar-refractivity contribution in [2.45, 2.75) is 33.1 Å². The van der Waals surface area contributed by atoms with Gasteiger partial charge in [0.15, 0.2) is 0 Å². The molecule has 0 aromatic heterocycles. The highest BCUT2D eigenvalue weighted by atomic mass is 16.2. The number of hydrogen-bond acceptors (Lipinski definition) is 2. The van der Waals surface area contributed by atoms with Crippen LogP contribution in [0.4, 0.5) is 5.69 Å². The molecule has 1 aromatic carbocycles. The smallest absolute Gasteiger partial charge is 0.227 e. The second kappa shape index (κ2) is 5.03. The predicted octanol–water partition coefficient (Wildman–Crippen LogP) is 1.96. The van der Waals surface area contributed by atoms with Gasteiger partial charge in [-0.1, -0.05) is 26.0 Å². The van der Waals surface area contributed by atoms with Crippen molar-refractivity contribution in [1.82, 2.24) is 0 Å². The standard InChI is InChI=1S/C15H20N2O2/c1-9(2)11-5-4-10(3)13(6-11)17-8-12(15(16)19)7-14(17)18/h4-6,9,12H,7-8H2,1-3H3,(H2,16,19). The van der Waals surface area contributed by atoms with E-state index in [-0.39, 0.29) is 18.2 Å². The molecule has 1 atom stereocenters. The largest absolute Gasteiger partial charge is 0.369 e. The Hall–Kier alpha value is -1.84. The first-order valence-electron chi connectivity index (χ1n) is 6.60. The Labute approximate surface area is 113 Å². The van der Waals surface area contributed by atoms with Crippen molar-refractivity contribution in [3.05, 3.63) is 29.3 Å². The van der Waals surface area contributed by atoms with Crippen LogP contribution in [0.1, 0.15) is 37.3 Å². The highest BCUT2D eigenvalue weighted by Gasteiger charge is 2.34. The monoisotopic (exact) mass is 260 g/mol. The van der Waals surface area contributed by atoms with Crippen LogP contribution < -0.4 is 10.6 Å². The molecule has 1 aromatic rings. The molecule has 0 aliphatic carbocycles. The van der Waals surface area contributed by atoms with E-state index in [9.17, 15) is 9.59 Å². The summed E-state index contributed by atoms with van der Waals surface area (Å²) in [5.74, 6) is -0.375. The van der Waals surface area contributed by atoms with Crippen LogP contribution in [-0.4, -0.2) is 18.4 Å².